The van der Waals surface area contributed by atoms with Crippen LogP contribution in [0.5, 0.6) is 0 Å². The Bertz CT molecular complexity index is 169. The molecule has 3 heteroatoms. The number of hydrogen-bond acceptors (Lipinski definition) is 3. The second-order valence-electron chi connectivity index (χ2n) is 4.65. The molecule has 2 rings (SSSR count). The van der Waals surface area contributed by atoms with Crippen molar-refractivity contribution in [2.45, 2.75) is 31.7 Å². The van der Waals surface area contributed by atoms with Crippen LogP contribution in [0.1, 0.15) is 25.7 Å². The van der Waals surface area contributed by atoms with Crippen molar-refractivity contribution in [1.82, 2.24) is 10.2 Å². The largest absolute Gasteiger partial charge is 0.396 e. The third-order valence-electron chi connectivity index (χ3n) is 3.68. The first-order chi connectivity index (χ1) is 6.90. The fraction of sp³-hybridized carbons (Fsp3) is 1.00. The zero-order valence-corrected chi connectivity index (χ0v) is 8.91. The van der Waals surface area contributed by atoms with Crippen LogP contribution in [0.2, 0.25) is 0 Å². The molecule has 14 heavy (non-hydrogen) atoms. The van der Waals surface area contributed by atoms with Gasteiger partial charge in [0.1, 0.15) is 0 Å². The van der Waals surface area contributed by atoms with E-state index in [4.69, 9.17) is 0 Å². The van der Waals surface area contributed by atoms with Gasteiger partial charge in [0.15, 0.2) is 0 Å². The van der Waals surface area contributed by atoms with Crippen molar-refractivity contribution in [3.63, 3.8) is 0 Å². The van der Waals surface area contributed by atoms with Crippen molar-refractivity contribution < 1.29 is 5.11 Å². The number of rotatable bonds is 2. The molecule has 82 valence electrons. The Morgan fingerprint density at radius 3 is 2.71 bits per heavy atom. The molecule has 2 unspecified atom stereocenters. The van der Waals surface area contributed by atoms with Gasteiger partial charge in [-0.3, -0.25) is 4.90 Å². The van der Waals surface area contributed by atoms with Gasteiger partial charge >= 0.3 is 0 Å². The minimum Gasteiger partial charge on any atom is -0.396 e. The Morgan fingerprint density at radius 1 is 1.21 bits per heavy atom. The monoisotopic (exact) mass is 198 g/mol. The Kier molecular flexibility index (Phi) is 3.79. The standard InChI is InChI=1S/C11H22N2O/c14-9-10-2-1-3-11(8-10)13-6-4-12-5-7-13/h10-12,14H,1-9H2. The van der Waals surface area contributed by atoms with E-state index in [1.807, 2.05) is 0 Å². The Balaban J connectivity index is 1.83. The maximum absolute atomic E-state index is 9.18. The van der Waals surface area contributed by atoms with E-state index >= 15 is 0 Å². The summed E-state index contributed by atoms with van der Waals surface area (Å²) in [5.41, 5.74) is 0. The van der Waals surface area contributed by atoms with Gasteiger partial charge in [-0.2, -0.15) is 0 Å². The number of nitrogens with one attached hydrogen (secondary N) is 1. The van der Waals surface area contributed by atoms with Crippen molar-refractivity contribution >= 4 is 0 Å². The third kappa shape index (κ3) is 2.47. The smallest absolute Gasteiger partial charge is 0.0459 e. The fourth-order valence-electron chi connectivity index (χ4n) is 2.81. The predicted molar refractivity (Wildman–Crippen MR) is 57.3 cm³/mol. The second-order valence-corrected chi connectivity index (χ2v) is 4.65. The van der Waals surface area contributed by atoms with Crippen LogP contribution >= 0.6 is 0 Å². The molecule has 0 aromatic rings. The molecule has 3 nitrogen and oxygen atoms in total. The maximum atomic E-state index is 9.18. The van der Waals surface area contributed by atoms with Crippen molar-refractivity contribution in [1.29, 1.82) is 0 Å². The van der Waals surface area contributed by atoms with Gasteiger partial charge in [-0.15, -0.1) is 0 Å². The number of aliphatic hydroxyl groups is 1. The minimum absolute atomic E-state index is 0.391. The summed E-state index contributed by atoms with van der Waals surface area (Å²) < 4.78 is 0. The van der Waals surface area contributed by atoms with E-state index < -0.39 is 0 Å². The van der Waals surface area contributed by atoms with Crippen LogP contribution in [0.3, 0.4) is 0 Å². The molecule has 2 fully saturated rings. The molecule has 0 aromatic carbocycles. The molecule has 1 aliphatic carbocycles. The molecule has 2 aliphatic rings. The first kappa shape index (κ1) is 10.4. The van der Waals surface area contributed by atoms with Gasteiger partial charge in [0.25, 0.3) is 0 Å². The average Bonchev–Trinajstić information content (AvgIpc) is 2.30. The van der Waals surface area contributed by atoms with Crippen molar-refractivity contribution in [2.24, 2.45) is 5.92 Å². The van der Waals surface area contributed by atoms with E-state index in [-0.39, 0.29) is 0 Å². The summed E-state index contributed by atoms with van der Waals surface area (Å²) in [6.07, 6.45) is 5.10. The number of nitrogens with zero attached hydrogens (tertiary/aromatic N) is 1. The SMILES string of the molecule is OCC1CCCC(N2CCNCC2)C1. The molecule has 1 saturated carbocycles. The molecule has 0 aromatic heterocycles. The molecule has 0 radical (unpaired) electrons. The van der Waals surface area contributed by atoms with E-state index in [0.717, 1.165) is 19.1 Å². The van der Waals surface area contributed by atoms with Crippen LogP contribution in [0.4, 0.5) is 0 Å². The number of aliphatic hydroxyl groups excluding tert-OH is 1. The molecule has 1 saturated heterocycles. The lowest BCUT2D eigenvalue weighted by Crippen LogP contribution is -2.49. The molecular weight excluding hydrogens is 176 g/mol. The Labute approximate surface area is 86.5 Å². The van der Waals surface area contributed by atoms with Crippen molar-refractivity contribution in [2.75, 3.05) is 32.8 Å². The molecule has 2 N–H and O–H groups in total. The molecule has 1 aliphatic heterocycles. The average molecular weight is 198 g/mol. The summed E-state index contributed by atoms with van der Waals surface area (Å²) in [6.45, 7) is 5.06. The lowest BCUT2D eigenvalue weighted by Gasteiger charge is -2.39. The van der Waals surface area contributed by atoms with Gasteiger partial charge in [0.2, 0.25) is 0 Å². The summed E-state index contributed by atoms with van der Waals surface area (Å²) >= 11 is 0. The quantitative estimate of drug-likeness (QED) is 0.676. The van der Waals surface area contributed by atoms with Gasteiger partial charge in [-0.05, 0) is 25.2 Å². The molecule has 0 amide bonds. The Hall–Kier alpha value is -0.120. The molecular formula is C11H22N2O. The highest BCUT2D eigenvalue weighted by atomic mass is 16.3. The lowest BCUT2D eigenvalue weighted by molar-refractivity contribution is 0.0913. The highest BCUT2D eigenvalue weighted by Gasteiger charge is 2.26. The second kappa shape index (κ2) is 5.10. The summed E-state index contributed by atoms with van der Waals surface area (Å²) in [6, 6.07) is 0.753. The van der Waals surface area contributed by atoms with Crippen LogP contribution in [0, 0.1) is 5.92 Å². The van der Waals surface area contributed by atoms with E-state index in [2.05, 4.69) is 10.2 Å². The van der Waals surface area contributed by atoms with Crippen LogP contribution in [-0.4, -0.2) is 48.8 Å². The molecule has 2 atom stereocenters. The van der Waals surface area contributed by atoms with Gasteiger partial charge in [-0.25, -0.2) is 0 Å². The lowest BCUT2D eigenvalue weighted by atomic mass is 9.85. The van der Waals surface area contributed by atoms with E-state index in [9.17, 15) is 5.11 Å². The first-order valence-electron chi connectivity index (χ1n) is 5.96. The van der Waals surface area contributed by atoms with Gasteiger partial charge in [0, 0.05) is 38.8 Å². The zero-order valence-electron chi connectivity index (χ0n) is 8.91. The molecule has 1 heterocycles. The van der Waals surface area contributed by atoms with Crippen molar-refractivity contribution in [3.8, 4) is 0 Å². The predicted octanol–water partition coefficient (Wildman–Crippen LogP) is 0.443. The number of piperazine rings is 1. The highest BCUT2D eigenvalue weighted by molar-refractivity contribution is 4.82. The van der Waals surface area contributed by atoms with E-state index in [1.54, 1.807) is 0 Å². The van der Waals surface area contributed by atoms with Crippen LogP contribution < -0.4 is 5.32 Å². The van der Waals surface area contributed by atoms with Gasteiger partial charge in [-0.1, -0.05) is 6.42 Å². The normalized spacial score (nSPS) is 35.8. The van der Waals surface area contributed by atoms with Gasteiger partial charge < -0.3 is 10.4 Å². The third-order valence-corrected chi connectivity index (χ3v) is 3.68. The summed E-state index contributed by atoms with van der Waals surface area (Å²) in [7, 11) is 0. The van der Waals surface area contributed by atoms with Gasteiger partial charge in [0.05, 0.1) is 0 Å². The topological polar surface area (TPSA) is 35.5 Å². The minimum atomic E-state index is 0.391. The highest BCUT2D eigenvalue weighted by Crippen LogP contribution is 2.27. The van der Waals surface area contributed by atoms with E-state index in [0.29, 0.717) is 12.5 Å². The van der Waals surface area contributed by atoms with Crippen LogP contribution in [0.25, 0.3) is 0 Å². The molecule has 0 bridgehead atoms. The zero-order chi connectivity index (χ0) is 9.80. The van der Waals surface area contributed by atoms with E-state index in [1.165, 1.54) is 38.8 Å². The first-order valence-corrected chi connectivity index (χ1v) is 5.96. The maximum Gasteiger partial charge on any atom is 0.0459 e. The summed E-state index contributed by atoms with van der Waals surface area (Å²) in [5, 5.41) is 12.6. The summed E-state index contributed by atoms with van der Waals surface area (Å²) in [4.78, 5) is 2.61. The molecule has 0 spiro atoms. The fourth-order valence-corrected chi connectivity index (χ4v) is 2.81. The van der Waals surface area contributed by atoms with Crippen molar-refractivity contribution in [3.05, 3.63) is 0 Å². The van der Waals surface area contributed by atoms with Crippen LogP contribution in [-0.2, 0) is 0 Å². The number of hydrogen-bond donors (Lipinski definition) is 2. The summed E-state index contributed by atoms with van der Waals surface area (Å²) in [5.74, 6) is 0.573. The van der Waals surface area contributed by atoms with Crippen LogP contribution in [0.15, 0.2) is 0 Å². The Morgan fingerprint density at radius 2 is 2.00 bits per heavy atom.